The number of rotatable bonds is 5. The van der Waals surface area contributed by atoms with Crippen molar-refractivity contribution < 1.29 is 9.30 Å². The van der Waals surface area contributed by atoms with Crippen molar-refractivity contribution in [2.24, 2.45) is 7.05 Å². The molecule has 2 aromatic heterocycles. The van der Waals surface area contributed by atoms with E-state index in [1.807, 2.05) is 36.4 Å². The normalized spacial score (nSPS) is 14.3. The topological polar surface area (TPSA) is 51.8 Å². The second-order valence-electron chi connectivity index (χ2n) is 15.9. The molecule has 5 heteroatoms. The van der Waals surface area contributed by atoms with Crippen LogP contribution in [0.3, 0.4) is 0 Å². The molecule has 2 aliphatic rings. The van der Waals surface area contributed by atoms with Crippen molar-refractivity contribution in [2.75, 3.05) is 7.11 Å². The summed E-state index contributed by atoms with van der Waals surface area (Å²) in [6.07, 6.45) is 2.08. The van der Waals surface area contributed by atoms with Crippen molar-refractivity contribution in [1.82, 2.24) is 15.0 Å². The standard InChI is InChI=1S/C50H41N4O/c1-49(2)40-26-32(34-23-24-44(55-6)45-37(34)18-13-25-54(45)5)19-21-35(40)38-28-43-39(29-42(38)49)36-22-20-33(27-41(36)50(43,3)4)48-52-46(30-14-9-7-10-15-30)51-47(53-48)31-16-11-8-12-17-31/h7-29H,1-6H3/q+1. The summed E-state index contributed by atoms with van der Waals surface area (Å²) in [5.74, 6) is 2.89. The summed E-state index contributed by atoms with van der Waals surface area (Å²) < 4.78 is 7.91. The Morgan fingerprint density at radius 2 is 0.927 bits per heavy atom. The van der Waals surface area contributed by atoms with Crippen molar-refractivity contribution in [2.45, 2.75) is 38.5 Å². The van der Waals surface area contributed by atoms with Gasteiger partial charge in [-0.1, -0.05) is 113 Å². The molecule has 0 unspecified atom stereocenters. The predicted molar refractivity (Wildman–Crippen MR) is 222 cm³/mol. The molecule has 266 valence electrons. The van der Waals surface area contributed by atoms with Crippen molar-refractivity contribution in [1.29, 1.82) is 0 Å². The molecule has 2 heterocycles. The highest BCUT2D eigenvalue weighted by Gasteiger charge is 2.42. The minimum Gasteiger partial charge on any atom is -0.490 e. The lowest BCUT2D eigenvalue weighted by Gasteiger charge is -2.24. The van der Waals surface area contributed by atoms with E-state index in [4.69, 9.17) is 19.7 Å². The van der Waals surface area contributed by atoms with Crippen molar-refractivity contribution in [3.63, 3.8) is 0 Å². The Hall–Kier alpha value is -6.46. The van der Waals surface area contributed by atoms with Crippen LogP contribution in [0.5, 0.6) is 5.75 Å². The zero-order valence-corrected chi connectivity index (χ0v) is 32.0. The number of aryl methyl sites for hydroxylation is 1. The van der Waals surface area contributed by atoms with Gasteiger partial charge in [0.05, 0.1) is 12.5 Å². The Balaban J connectivity index is 1.07. The Morgan fingerprint density at radius 1 is 0.455 bits per heavy atom. The molecule has 0 saturated carbocycles. The van der Waals surface area contributed by atoms with Crippen LogP contribution in [0.25, 0.3) is 78.4 Å². The van der Waals surface area contributed by atoms with Gasteiger partial charge >= 0.3 is 0 Å². The second kappa shape index (κ2) is 12.0. The average molecular weight is 714 g/mol. The molecule has 6 aromatic carbocycles. The van der Waals surface area contributed by atoms with Crippen molar-refractivity contribution >= 4 is 10.9 Å². The lowest BCUT2D eigenvalue weighted by Crippen LogP contribution is -2.28. The van der Waals surface area contributed by atoms with Gasteiger partial charge in [0.15, 0.2) is 29.4 Å². The van der Waals surface area contributed by atoms with E-state index in [2.05, 4.69) is 143 Å². The maximum Gasteiger partial charge on any atom is 0.255 e. The molecule has 0 bridgehead atoms. The van der Waals surface area contributed by atoms with Gasteiger partial charge in [-0.25, -0.2) is 15.0 Å². The number of benzene rings is 6. The van der Waals surface area contributed by atoms with E-state index < -0.39 is 0 Å². The fraction of sp³-hybridized carbons (Fsp3) is 0.160. The van der Waals surface area contributed by atoms with Gasteiger partial charge in [-0.05, 0) is 98.1 Å². The highest BCUT2D eigenvalue weighted by Crippen LogP contribution is 2.57. The third-order valence-electron chi connectivity index (χ3n) is 12.1. The lowest BCUT2D eigenvalue weighted by molar-refractivity contribution is -0.645. The molecule has 0 aliphatic heterocycles. The Morgan fingerprint density at radius 3 is 1.47 bits per heavy atom. The van der Waals surface area contributed by atoms with Gasteiger partial charge in [0, 0.05) is 33.6 Å². The largest absolute Gasteiger partial charge is 0.490 e. The van der Waals surface area contributed by atoms with Crippen molar-refractivity contribution in [3.8, 4) is 73.3 Å². The summed E-state index contributed by atoms with van der Waals surface area (Å²) in [4.78, 5) is 15.0. The number of aromatic nitrogens is 4. The van der Waals surface area contributed by atoms with E-state index in [0.717, 1.165) is 28.0 Å². The summed E-state index contributed by atoms with van der Waals surface area (Å²) in [6, 6.07) is 47.7. The molecule has 8 aromatic rings. The molecule has 2 aliphatic carbocycles. The van der Waals surface area contributed by atoms with Crippen LogP contribution in [0.15, 0.2) is 140 Å². The van der Waals surface area contributed by atoms with Crippen LogP contribution in [0.1, 0.15) is 49.9 Å². The minimum absolute atomic E-state index is 0.179. The van der Waals surface area contributed by atoms with Gasteiger partial charge in [-0.2, -0.15) is 4.57 Å². The number of nitrogens with zero attached hydrogens (tertiary/aromatic N) is 4. The molecule has 0 fully saturated rings. The van der Waals surface area contributed by atoms with Crippen LogP contribution in [0.2, 0.25) is 0 Å². The van der Waals surface area contributed by atoms with Gasteiger partial charge in [0.1, 0.15) is 7.05 Å². The van der Waals surface area contributed by atoms with Gasteiger partial charge in [0.25, 0.3) is 5.52 Å². The summed E-state index contributed by atoms with van der Waals surface area (Å²) in [5.41, 5.74) is 16.6. The SMILES string of the molecule is COc1ccc(-c2ccc3c(c2)C(C)(C)c2cc4c(cc2-3)C(C)(C)c2cc(-c3nc(-c5ccccc5)nc(-c5ccccc5)n3)ccc2-4)c2ccc[n+](C)c12. The van der Waals surface area contributed by atoms with Crippen LogP contribution in [0.4, 0.5) is 0 Å². The molecule has 0 saturated heterocycles. The first-order chi connectivity index (χ1) is 26.6. The van der Waals surface area contributed by atoms with Gasteiger partial charge in [-0.3, -0.25) is 0 Å². The predicted octanol–water partition coefficient (Wildman–Crippen LogP) is 11.1. The zero-order valence-electron chi connectivity index (χ0n) is 32.0. The van der Waals surface area contributed by atoms with Gasteiger partial charge in [0.2, 0.25) is 0 Å². The molecule has 0 atom stereocenters. The van der Waals surface area contributed by atoms with E-state index in [1.165, 1.54) is 61.0 Å². The van der Waals surface area contributed by atoms with Crippen LogP contribution in [-0.2, 0) is 17.9 Å². The van der Waals surface area contributed by atoms with Crippen LogP contribution >= 0.6 is 0 Å². The smallest absolute Gasteiger partial charge is 0.255 e. The monoisotopic (exact) mass is 713 g/mol. The highest BCUT2D eigenvalue weighted by molar-refractivity contribution is 5.98. The number of hydrogen-bond acceptors (Lipinski definition) is 4. The first kappa shape index (κ1) is 33.1. The number of ether oxygens (including phenoxy) is 1. The van der Waals surface area contributed by atoms with Crippen molar-refractivity contribution in [3.05, 3.63) is 162 Å². The quantitative estimate of drug-likeness (QED) is 0.167. The Kier molecular flexibility index (Phi) is 7.24. The molecule has 0 radical (unpaired) electrons. The van der Waals surface area contributed by atoms with Crippen LogP contribution < -0.4 is 9.30 Å². The van der Waals surface area contributed by atoms with Gasteiger partial charge < -0.3 is 4.74 Å². The first-order valence-corrected chi connectivity index (χ1v) is 19.0. The minimum atomic E-state index is -0.225. The number of pyridine rings is 1. The Labute approximate surface area is 322 Å². The lowest BCUT2D eigenvalue weighted by atomic mass is 9.79. The molecule has 0 amide bonds. The summed E-state index contributed by atoms with van der Waals surface area (Å²) >= 11 is 0. The number of methoxy groups -OCH3 is 1. The first-order valence-electron chi connectivity index (χ1n) is 19.0. The molecule has 0 spiro atoms. The number of hydrogen-bond donors (Lipinski definition) is 0. The molecular formula is C50H41N4O+. The fourth-order valence-electron chi connectivity index (χ4n) is 9.09. The zero-order chi connectivity index (χ0) is 37.6. The maximum atomic E-state index is 5.77. The third kappa shape index (κ3) is 4.99. The van der Waals surface area contributed by atoms with Gasteiger partial charge in [-0.15, -0.1) is 0 Å². The van der Waals surface area contributed by atoms with E-state index in [9.17, 15) is 0 Å². The molecule has 5 nitrogen and oxygen atoms in total. The van der Waals surface area contributed by atoms with Crippen LogP contribution in [-0.4, -0.2) is 22.1 Å². The van der Waals surface area contributed by atoms with E-state index in [-0.39, 0.29) is 10.8 Å². The molecule has 10 rings (SSSR count). The summed E-state index contributed by atoms with van der Waals surface area (Å²) in [7, 11) is 3.82. The summed E-state index contributed by atoms with van der Waals surface area (Å²) in [5, 5.41) is 1.18. The maximum absolute atomic E-state index is 5.77. The highest BCUT2D eigenvalue weighted by atomic mass is 16.5. The fourth-order valence-corrected chi connectivity index (χ4v) is 9.09. The van der Waals surface area contributed by atoms with E-state index >= 15 is 0 Å². The number of fused-ring (bicyclic) bond motifs is 7. The second-order valence-corrected chi connectivity index (χ2v) is 15.9. The van der Waals surface area contributed by atoms with Crippen LogP contribution in [0, 0.1) is 0 Å². The summed E-state index contributed by atoms with van der Waals surface area (Å²) in [6.45, 7) is 9.45. The third-order valence-corrected chi connectivity index (χ3v) is 12.1. The molecule has 0 N–H and O–H groups in total. The molecule has 55 heavy (non-hydrogen) atoms. The van der Waals surface area contributed by atoms with E-state index in [1.54, 1.807) is 7.11 Å². The molecular weight excluding hydrogens is 673 g/mol. The van der Waals surface area contributed by atoms with E-state index in [0.29, 0.717) is 17.5 Å². The average Bonchev–Trinajstić information content (AvgIpc) is 3.58. The Bertz CT molecular complexity index is 2800.